The SMILES string of the molecule is NCCn1nnc(-c2ccc(NCC3(c4ncccc4F)CCC3)nn2)n1. The van der Waals surface area contributed by atoms with E-state index in [2.05, 4.69) is 35.9 Å². The van der Waals surface area contributed by atoms with Crippen LogP contribution >= 0.6 is 0 Å². The normalized spacial score (nSPS) is 15.3. The molecule has 0 aliphatic heterocycles. The third-order valence-corrected chi connectivity index (χ3v) is 4.85. The average Bonchev–Trinajstić information content (AvgIpc) is 3.12. The lowest BCUT2D eigenvalue weighted by Gasteiger charge is -2.41. The van der Waals surface area contributed by atoms with Gasteiger partial charge in [-0.2, -0.15) is 4.80 Å². The number of nitrogens with zero attached hydrogens (tertiary/aromatic N) is 7. The van der Waals surface area contributed by atoms with E-state index in [0.717, 1.165) is 19.3 Å². The minimum Gasteiger partial charge on any atom is -0.368 e. The van der Waals surface area contributed by atoms with Gasteiger partial charge < -0.3 is 11.1 Å². The fraction of sp³-hybridized carbons (Fsp3) is 0.412. The Kier molecular flexibility index (Phi) is 4.71. The van der Waals surface area contributed by atoms with E-state index in [1.165, 1.54) is 10.9 Å². The summed E-state index contributed by atoms with van der Waals surface area (Å²) >= 11 is 0. The first kappa shape index (κ1) is 17.4. The van der Waals surface area contributed by atoms with Crippen LogP contribution in [-0.4, -0.2) is 48.5 Å². The monoisotopic (exact) mass is 369 g/mol. The Morgan fingerprint density at radius 1 is 1.19 bits per heavy atom. The molecule has 0 atom stereocenters. The molecule has 0 unspecified atom stereocenters. The van der Waals surface area contributed by atoms with Gasteiger partial charge in [0.25, 0.3) is 0 Å². The van der Waals surface area contributed by atoms with Crippen LogP contribution in [0.1, 0.15) is 25.0 Å². The van der Waals surface area contributed by atoms with Gasteiger partial charge in [0.15, 0.2) is 0 Å². The van der Waals surface area contributed by atoms with E-state index in [9.17, 15) is 4.39 Å². The Bertz CT molecular complexity index is 905. The lowest BCUT2D eigenvalue weighted by molar-refractivity contribution is 0.243. The van der Waals surface area contributed by atoms with Gasteiger partial charge in [-0.3, -0.25) is 4.98 Å². The maximum absolute atomic E-state index is 14.2. The van der Waals surface area contributed by atoms with Gasteiger partial charge in [-0.05, 0) is 42.3 Å². The first-order valence-electron chi connectivity index (χ1n) is 8.87. The quantitative estimate of drug-likeness (QED) is 0.636. The molecule has 3 N–H and O–H groups in total. The van der Waals surface area contributed by atoms with Crippen LogP contribution in [0.3, 0.4) is 0 Å². The predicted octanol–water partition coefficient (Wildman–Crippen LogP) is 1.16. The highest BCUT2D eigenvalue weighted by Gasteiger charge is 2.41. The number of nitrogens with one attached hydrogen (secondary N) is 1. The third kappa shape index (κ3) is 3.47. The van der Waals surface area contributed by atoms with E-state index < -0.39 is 0 Å². The molecule has 4 rings (SSSR count). The molecule has 10 heteroatoms. The largest absolute Gasteiger partial charge is 0.368 e. The summed E-state index contributed by atoms with van der Waals surface area (Å²) in [4.78, 5) is 5.69. The van der Waals surface area contributed by atoms with E-state index in [4.69, 9.17) is 5.73 Å². The zero-order valence-electron chi connectivity index (χ0n) is 14.7. The fourth-order valence-corrected chi connectivity index (χ4v) is 3.24. The number of hydrogen-bond donors (Lipinski definition) is 2. The first-order valence-corrected chi connectivity index (χ1v) is 8.87. The molecule has 1 saturated carbocycles. The molecule has 0 spiro atoms. The zero-order valence-corrected chi connectivity index (χ0v) is 14.7. The highest BCUT2D eigenvalue weighted by Crippen LogP contribution is 2.43. The Labute approximate surface area is 155 Å². The van der Waals surface area contributed by atoms with Crippen molar-refractivity contribution < 1.29 is 4.39 Å². The summed E-state index contributed by atoms with van der Waals surface area (Å²) in [5.74, 6) is 0.747. The summed E-state index contributed by atoms with van der Waals surface area (Å²) in [6.07, 6.45) is 4.49. The molecule has 0 saturated heterocycles. The number of aromatic nitrogens is 7. The maximum atomic E-state index is 14.2. The second-order valence-corrected chi connectivity index (χ2v) is 6.62. The Hall–Kier alpha value is -3.01. The number of anilines is 1. The molecule has 1 fully saturated rings. The van der Waals surface area contributed by atoms with E-state index >= 15 is 0 Å². The molecule has 27 heavy (non-hydrogen) atoms. The molecule has 0 bridgehead atoms. The smallest absolute Gasteiger partial charge is 0.225 e. The van der Waals surface area contributed by atoms with Crippen LogP contribution < -0.4 is 11.1 Å². The number of halogens is 1. The molecule has 3 aromatic heterocycles. The molecule has 1 aliphatic carbocycles. The zero-order chi connectivity index (χ0) is 18.7. The van der Waals surface area contributed by atoms with Gasteiger partial charge in [-0.25, -0.2) is 4.39 Å². The summed E-state index contributed by atoms with van der Waals surface area (Å²) in [7, 11) is 0. The van der Waals surface area contributed by atoms with Crippen molar-refractivity contribution in [2.45, 2.75) is 31.2 Å². The van der Waals surface area contributed by atoms with Gasteiger partial charge in [-0.1, -0.05) is 6.42 Å². The predicted molar refractivity (Wildman–Crippen MR) is 96.1 cm³/mol. The van der Waals surface area contributed by atoms with E-state index in [1.807, 2.05) is 0 Å². The number of rotatable bonds is 7. The van der Waals surface area contributed by atoms with Crippen LogP contribution in [0.2, 0.25) is 0 Å². The van der Waals surface area contributed by atoms with Crippen molar-refractivity contribution in [1.29, 1.82) is 0 Å². The Balaban J connectivity index is 1.44. The summed E-state index contributed by atoms with van der Waals surface area (Å²) in [5.41, 5.74) is 6.23. The minimum atomic E-state index is -0.293. The summed E-state index contributed by atoms with van der Waals surface area (Å²) in [6.45, 7) is 1.48. The van der Waals surface area contributed by atoms with Crippen molar-refractivity contribution in [2.75, 3.05) is 18.4 Å². The van der Waals surface area contributed by atoms with Crippen molar-refractivity contribution in [2.24, 2.45) is 5.73 Å². The van der Waals surface area contributed by atoms with E-state index in [1.54, 1.807) is 24.4 Å². The molecule has 3 aromatic rings. The molecule has 140 valence electrons. The number of hydrogen-bond acceptors (Lipinski definition) is 8. The second kappa shape index (κ2) is 7.31. The topological polar surface area (TPSA) is 120 Å². The highest BCUT2D eigenvalue weighted by atomic mass is 19.1. The van der Waals surface area contributed by atoms with Crippen LogP contribution in [0.25, 0.3) is 11.5 Å². The fourth-order valence-electron chi connectivity index (χ4n) is 3.24. The number of nitrogens with two attached hydrogens (primary N) is 1. The second-order valence-electron chi connectivity index (χ2n) is 6.62. The molecular weight excluding hydrogens is 349 g/mol. The van der Waals surface area contributed by atoms with Crippen molar-refractivity contribution in [1.82, 2.24) is 35.4 Å². The van der Waals surface area contributed by atoms with Crippen molar-refractivity contribution in [3.8, 4) is 11.5 Å². The molecule has 1 aliphatic rings. The van der Waals surface area contributed by atoms with Gasteiger partial charge in [0, 0.05) is 24.7 Å². The van der Waals surface area contributed by atoms with Gasteiger partial charge >= 0.3 is 0 Å². The van der Waals surface area contributed by atoms with Gasteiger partial charge in [-0.15, -0.1) is 20.4 Å². The summed E-state index contributed by atoms with van der Waals surface area (Å²) in [5, 5.41) is 23.6. The molecule has 0 aromatic carbocycles. The lowest BCUT2D eigenvalue weighted by atomic mass is 9.66. The van der Waals surface area contributed by atoms with E-state index in [0.29, 0.717) is 42.7 Å². The van der Waals surface area contributed by atoms with Crippen LogP contribution in [-0.2, 0) is 12.0 Å². The van der Waals surface area contributed by atoms with Crippen LogP contribution in [0.4, 0.5) is 10.2 Å². The number of tetrazole rings is 1. The Morgan fingerprint density at radius 2 is 2.07 bits per heavy atom. The molecule has 3 heterocycles. The first-order chi connectivity index (χ1) is 13.2. The number of pyridine rings is 1. The standard InChI is InChI=1S/C17H20FN9/c18-12-3-1-9-20-15(12)17(6-2-7-17)11-21-14-5-4-13(22-23-14)16-24-26-27(25-16)10-8-19/h1,3-5,9H,2,6-8,10-11,19H2,(H,21,23). The van der Waals surface area contributed by atoms with Gasteiger partial charge in [0.1, 0.15) is 17.3 Å². The molecule has 9 nitrogen and oxygen atoms in total. The van der Waals surface area contributed by atoms with Crippen LogP contribution in [0, 0.1) is 5.82 Å². The third-order valence-electron chi connectivity index (χ3n) is 4.85. The molecule has 0 radical (unpaired) electrons. The summed E-state index contributed by atoms with van der Waals surface area (Å²) in [6, 6.07) is 6.64. The summed E-state index contributed by atoms with van der Waals surface area (Å²) < 4.78 is 14.2. The molecule has 0 amide bonds. The lowest BCUT2D eigenvalue weighted by Crippen LogP contribution is -2.42. The van der Waals surface area contributed by atoms with Crippen molar-refractivity contribution in [3.05, 3.63) is 42.0 Å². The van der Waals surface area contributed by atoms with Gasteiger partial charge in [0.05, 0.1) is 12.2 Å². The average molecular weight is 369 g/mol. The van der Waals surface area contributed by atoms with E-state index in [-0.39, 0.29) is 11.2 Å². The molecular formula is C17H20FN9. The van der Waals surface area contributed by atoms with Gasteiger partial charge in [0.2, 0.25) is 5.82 Å². The maximum Gasteiger partial charge on any atom is 0.225 e. The Morgan fingerprint density at radius 3 is 2.74 bits per heavy atom. The minimum absolute atomic E-state index is 0.257. The van der Waals surface area contributed by atoms with Crippen LogP contribution in [0.15, 0.2) is 30.5 Å². The van der Waals surface area contributed by atoms with Crippen molar-refractivity contribution >= 4 is 5.82 Å². The highest BCUT2D eigenvalue weighted by molar-refractivity contribution is 5.49. The van der Waals surface area contributed by atoms with Crippen molar-refractivity contribution in [3.63, 3.8) is 0 Å². The van der Waals surface area contributed by atoms with Crippen LogP contribution in [0.5, 0.6) is 0 Å².